The van der Waals surface area contributed by atoms with E-state index >= 15 is 0 Å². The van der Waals surface area contributed by atoms with Gasteiger partial charge in [-0.1, -0.05) is 0 Å². The molecule has 0 saturated carbocycles. The lowest BCUT2D eigenvalue weighted by atomic mass is 10.3. The molecule has 1 aromatic rings. The van der Waals surface area contributed by atoms with Crippen molar-refractivity contribution in [2.24, 2.45) is 0 Å². The summed E-state index contributed by atoms with van der Waals surface area (Å²) >= 11 is 0. The summed E-state index contributed by atoms with van der Waals surface area (Å²) in [6, 6.07) is 2.18. The molecule has 0 aliphatic carbocycles. The highest BCUT2D eigenvalue weighted by atomic mass is 32.2. The molecule has 0 unspecified atom stereocenters. The third-order valence-corrected chi connectivity index (χ3v) is 5.36. The fraction of sp³-hybridized carbons (Fsp3) is 0.400. The summed E-state index contributed by atoms with van der Waals surface area (Å²) in [6.45, 7) is -1.12. The van der Waals surface area contributed by atoms with Crippen molar-refractivity contribution < 1.29 is 30.0 Å². The summed E-state index contributed by atoms with van der Waals surface area (Å²) in [7, 11) is -7.43. The van der Waals surface area contributed by atoms with Crippen LogP contribution in [-0.4, -0.2) is 47.4 Å². The Bertz CT molecular complexity index is 701. The molecule has 0 aliphatic heterocycles. The standard InChI is InChI=1S/C10H12F3NO4S2/c1-14(6-10(12)13)20(17,18)9-5-7(19(2,15)16)3-4-8(9)11/h3-5,10H,6H2,1-2H3. The molecule has 20 heavy (non-hydrogen) atoms. The van der Waals surface area contributed by atoms with E-state index in [1.54, 1.807) is 0 Å². The van der Waals surface area contributed by atoms with E-state index in [4.69, 9.17) is 0 Å². The minimum atomic E-state index is -4.53. The van der Waals surface area contributed by atoms with Crippen LogP contribution < -0.4 is 0 Å². The molecule has 0 fully saturated rings. The van der Waals surface area contributed by atoms with Crippen LogP contribution in [0.15, 0.2) is 28.0 Å². The van der Waals surface area contributed by atoms with Crippen LogP contribution in [0.4, 0.5) is 13.2 Å². The zero-order valence-electron chi connectivity index (χ0n) is 10.5. The van der Waals surface area contributed by atoms with Crippen LogP contribution in [0.25, 0.3) is 0 Å². The Balaban J connectivity index is 3.38. The fourth-order valence-corrected chi connectivity index (χ4v) is 3.33. The van der Waals surface area contributed by atoms with E-state index < -0.39 is 48.4 Å². The van der Waals surface area contributed by atoms with E-state index in [0.717, 1.165) is 19.4 Å². The smallest absolute Gasteiger partial charge is 0.224 e. The van der Waals surface area contributed by atoms with Crippen molar-refractivity contribution in [2.75, 3.05) is 19.8 Å². The van der Waals surface area contributed by atoms with Gasteiger partial charge in [-0.15, -0.1) is 0 Å². The minimum Gasteiger partial charge on any atom is -0.224 e. The maximum atomic E-state index is 13.6. The number of nitrogens with zero attached hydrogens (tertiary/aromatic N) is 1. The average Bonchev–Trinajstić information content (AvgIpc) is 2.26. The van der Waals surface area contributed by atoms with Crippen molar-refractivity contribution in [3.8, 4) is 0 Å². The van der Waals surface area contributed by atoms with Gasteiger partial charge in [-0.25, -0.2) is 30.0 Å². The van der Waals surface area contributed by atoms with E-state index in [2.05, 4.69) is 0 Å². The molecule has 0 aliphatic rings. The molecule has 0 spiro atoms. The molecule has 1 aromatic carbocycles. The van der Waals surface area contributed by atoms with Gasteiger partial charge in [0.15, 0.2) is 9.84 Å². The van der Waals surface area contributed by atoms with E-state index in [9.17, 15) is 30.0 Å². The lowest BCUT2D eigenvalue weighted by molar-refractivity contribution is 0.126. The molecule has 0 amide bonds. The van der Waals surface area contributed by atoms with Crippen molar-refractivity contribution in [3.63, 3.8) is 0 Å². The summed E-state index contributed by atoms with van der Waals surface area (Å²) in [5.74, 6) is -1.21. The lowest BCUT2D eigenvalue weighted by Gasteiger charge is -2.17. The Morgan fingerprint density at radius 2 is 1.75 bits per heavy atom. The maximum absolute atomic E-state index is 13.6. The number of sulfonamides is 1. The van der Waals surface area contributed by atoms with Crippen molar-refractivity contribution in [1.82, 2.24) is 4.31 Å². The van der Waals surface area contributed by atoms with Gasteiger partial charge < -0.3 is 0 Å². The van der Waals surface area contributed by atoms with Gasteiger partial charge in [0, 0.05) is 13.3 Å². The van der Waals surface area contributed by atoms with Crippen molar-refractivity contribution in [1.29, 1.82) is 0 Å². The van der Waals surface area contributed by atoms with Gasteiger partial charge in [0.1, 0.15) is 10.7 Å². The summed E-state index contributed by atoms with van der Waals surface area (Å²) in [4.78, 5) is -1.37. The minimum absolute atomic E-state index is 0.266. The topological polar surface area (TPSA) is 71.5 Å². The third-order valence-electron chi connectivity index (χ3n) is 2.41. The van der Waals surface area contributed by atoms with Crippen LogP contribution in [0.2, 0.25) is 0 Å². The van der Waals surface area contributed by atoms with Gasteiger partial charge in [0.25, 0.3) is 6.43 Å². The van der Waals surface area contributed by atoms with Gasteiger partial charge in [0.2, 0.25) is 10.0 Å². The second-order valence-corrected chi connectivity index (χ2v) is 8.07. The molecule has 114 valence electrons. The van der Waals surface area contributed by atoms with Gasteiger partial charge in [-0.2, -0.15) is 4.31 Å². The highest BCUT2D eigenvalue weighted by molar-refractivity contribution is 7.91. The Labute approximate surface area is 115 Å². The van der Waals surface area contributed by atoms with Crippen molar-refractivity contribution in [2.45, 2.75) is 16.2 Å². The molecule has 0 aromatic heterocycles. The molecule has 0 atom stereocenters. The second-order valence-electron chi connectivity index (χ2n) is 4.04. The Hall–Kier alpha value is -1.13. The van der Waals surface area contributed by atoms with Crippen molar-refractivity contribution >= 4 is 19.9 Å². The van der Waals surface area contributed by atoms with Crippen LogP contribution in [-0.2, 0) is 19.9 Å². The Morgan fingerprint density at radius 3 is 2.20 bits per heavy atom. The zero-order valence-corrected chi connectivity index (χ0v) is 12.2. The van der Waals surface area contributed by atoms with Crippen molar-refractivity contribution in [3.05, 3.63) is 24.0 Å². The quantitative estimate of drug-likeness (QED) is 0.758. The van der Waals surface area contributed by atoms with Gasteiger partial charge in [0.05, 0.1) is 11.4 Å². The summed E-state index contributed by atoms with van der Waals surface area (Å²) < 4.78 is 84.7. The second kappa shape index (κ2) is 5.70. The van der Waals surface area contributed by atoms with Crippen LogP contribution in [0, 0.1) is 5.82 Å². The predicted octanol–water partition coefficient (Wildman–Crippen LogP) is 1.11. The molecule has 1 rings (SSSR count). The fourth-order valence-electron chi connectivity index (χ4n) is 1.37. The molecular weight excluding hydrogens is 319 g/mol. The Kier molecular flexibility index (Phi) is 4.82. The Morgan fingerprint density at radius 1 is 1.20 bits per heavy atom. The molecule has 10 heteroatoms. The van der Waals surface area contributed by atoms with Gasteiger partial charge >= 0.3 is 0 Å². The molecular formula is C10H12F3NO4S2. The number of halogens is 3. The summed E-state index contributed by atoms with van der Waals surface area (Å²) in [5.41, 5.74) is 0. The molecule has 0 bridgehead atoms. The number of sulfone groups is 1. The van der Waals surface area contributed by atoms with E-state index in [1.807, 2.05) is 0 Å². The van der Waals surface area contributed by atoms with E-state index in [1.165, 1.54) is 0 Å². The normalized spacial score (nSPS) is 13.2. The molecule has 0 heterocycles. The number of rotatable bonds is 5. The highest BCUT2D eigenvalue weighted by Gasteiger charge is 2.28. The largest absolute Gasteiger partial charge is 0.252 e. The SMILES string of the molecule is CN(CC(F)F)S(=O)(=O)c1cc(S(C)(=O)=O)ccc1F. The van der Waals surface area contributed by atoms with E-state index in [-0.39, 0.29) is 4.31 Å². The summed E-state index contributed by atoms with van der Waals surface area (Å²) in [6.07, 6.45) is -2.12. The molecule has 5 nitrogen and oxygen atoms in total. The maximum Gasteiger partial charge on any atom is 0.252 e. The highest BCUT2D eigenvalue weighted by Crippen LogP contribution is 2.22. The third kappa shape index (κ3) is 3.70. The number of benzene rings is 1. The first-order valence-electron chi connectivity index (χ1n) is 5.20. The monoisotopic (exact) mass is 331 g/mol. The first-order chi connectivity index (χ1) is 8.96. The lowest BCUT2D eigenvalue weighted by Crippen LogP contribution is -2.32. The van der Waals surface area contributed by atoms with Gasteiger partial charge in [-0.05, 0) is 18.2 Å². The van der Waals surface area contributed by atoms with Crippen LogP contribution >= 0.6 is 0 Å². The number of alkyl halides is 2. The number of hydrogen-bond donors (Lipinski definition) is 0. The zero-order chi connectivity index (χ0) is 15.7. The van der Waals surface area contributed by atoms with Gasteiger partial charge in [-0.3, -0.25) is 0 Å². The van der Waals surface area contributed by atoms with Crippen LogP contribution in [0.5, 0.6) is 0 Å². The van der Waals surface area contributed by atoms with E-state index in [0.29, 0.717) is 12.1 Å². The molecule has 0 saturated heterocycles. The number of hydrogen-bond acceptors (Lipinski definition) is 4. The average molecular weight is 331 g/mol. The van der Waals surface area contributed by atoms with Crippen LogP contribution in [0.3, 0.4) is 0 Å². The molecule has 0 N–H and O–H groups in total. The summed E-state index contributed by atoms with van der Waals surface area (Å²) in [5, 5.41) is 0. The first kappa shape index (κ1) is 16.9. The van der Waals surface area contributed by atoms with Crippen LogP contribution in [0.1, 0.15) is 0 Å². The predicted molar refractivity (Wildman–Crippen MR) is 65.3 cm³/mol. The first-order valence-corrected chi connectivity index (χ1v) is 8.53. The molecule has 0 radical (unpaired) electrons.